The van der Waals surface area contributed by atoms with Crippen molar-refractivity contribution in [1.29, 1.82) is 0 Å². The van der Waals surface area contributed by atoms with Crippen LogP contribution in [0.3, 0.4) is 0 Å². The second kappa shape index (κ2) is 20.3. The minimum atomic E-state index is -0.665. The monoisotopic (exact) mass is 502 g/mol. The summed E-state index contributed by atoms with van der Waals surface area (Å²) >= 11 is 0. The Kier molecular flexibility index (Phi) is 17.6. The fraction of sp³-hybridized carbons (Fsp3) is 0.643. The highest BCUT2D eigenvalue weighted by Gasteiger charge is 2.13. The first kappa shape index (κ1) is 31.1. The van der Waals surface area contributed by atoms with E-state index in [9.17, 15) is 19.2 Å². The molecular weight excluding hydrogens is 456 g/mol. The number of hydrogen-bond acceptors (Lipinski definition) is 4. The molecule has 0 fully saturated rings. The van der Waals surface area contributed by atoms with E-state index in [1.165, 1.54) is 38.5 Å². The van der Waals surface area contributed by atoms with E-state index in [1.54, 1.807) is 6.07 Å². The molecule has 4 amide bonds. The van der Waals surface area contributed by atoms with Gasteiger partial charge in [-0.3, -0.25) is 19.2 Å². The molecule has 0 saturated heterocycles. The quantitative estimate of drug-likeness (QED) is 0.180. The Morgan fingerprint density at radius 3 is 1.31 bits per heavy atom. The maximum Gasteiger partial charge on any atom is 0.309 e. The lowest BCUT2D eigenvalue weighted by Gasteiger charge is -2.09. The lowest BCUT2D eigenvalue weighted by Crippen LogP contribution is -2.40. The van der Waals surface area contributed by atoms with Gasteiger partial charge >= 0.3 is 23.6 Å². The number of amides is 4. The molecule has 0 aliphatic rings. The number of unbranched alkanes of at least 4 members (excludes halogenated alkanes) is 10. The van der Waals surface area contributed by atoms with E-state index >= 15 is 0 Å². The van der Waals surface area contributed by atoms with Crippen LogP contribution in [0.25, 0.3) is 0 Å². The van der Waals surface area contributed by atoms with E-state index in [1.807, 2.05) is 18.2 Å². The van der Waals surface area contributed by atoms with Crippen molar-refractivity contribution in [2.75, 3.05) is 13.1 Å². The van der Waals surface area contributed by atoms with Gasteiger partial charge in [-0.05, 0) is 24.0 Å². The van der Waals surface area contributed by atoms with Crippen LogP contribution in [0.2, 0.25) is 0 Å². The van der Waals surface area contributed by atoms with Gasteiger partial charge in [-0.2, -0.15) is 0 Å². The van der Waals surface area contributed by atoms with Crippen LogP contribution in [0.4, 0.5) is 0 Å². The molecule has 0 bridgehead atoms. The minimum absolute atomic E-state index is 0.198. The van der Waals surface area contributed by atoms with E-state index < -0.39 is 23.6 Å². The first-order valence-corrected chi connectivity index (χ1v) is 13.7. The van der Waals surface area contributed by atoms with Crippen LogP contribution in [-0.4, -0.2) is 36.7 Å². The molecule has 1 rings (SSSR count). The number of carbonyl (C=O) groups excluding carboxylic acids is 4. The molecule has 0 radical (unpaired) electrons. The van der Waals surface area contributed by atoms with E-state index in [0.29, 0.717) is 13.1 Å². The van der Waals surface area contributed by atoms with E-state index in [4.69, 9.17) is 0 Å². The molecule has 36 heavy (non-hydrogen) atoms. The van der Waals surface area contributed by atoms with Gasteiger partial charge in [0.15, 0.2) is 0 Å². The number of benzene rings is 1. The highest BCUT2D eigenvalue weighted by Crippen LogP contribution is 2.06. The summed E-state index contributed by atoms with van der Waals surface area (Å²) in [5.41, 5.74) is 1.60. The van der Waals surface area contributed by atoms with Crippen LogP contribution in [-0.2, 0) is 32.3 Å². The normalized spacial score (nSPS) is 10.5. The second-order valence-electron chi connectivity index (χ2n) is 9.23. The number of rotatable bonds is 18. The second-order valence-corrected chi connectivity index (χ2v) is 9.23. The van der Waals surface area contributed by atoms with Crippen LogP contribution < -0.4 is 21.3 Å². The van der Waals surface area contributed by atoms with Crippen molar-refractivity contribution in [1.82, 2.24) is 21.3 Å². The summed E-state index contributed by atoms with van der Waals surface area (Å²) in [6.07, 6.45) is 13.4. The van der Waals surface area contributed by atoms with Crippen LogP contribution in [0.1, 0.15) is 102 Å². The molecule has 0 spiro atoms. The molecule has 8 heteroatoms. The smallest absolute Gasteiger partial charge is 0.309 e. The van der Waals surface area contributed by atoms with E-state index in [2.05, 4.69) is 35.1 Å². The van der Waals surface area contributed by atoms with Gasteiger partial charge in [0.1, 0.15) is 0 Å². The van der Waals surface area contributed by atoms with Crippen molar-refractivity contribution in [2.24, 2.45) is 0 Å². The third-order valence-corrected chi connectivity index (χ3v) is 5.94. The predicted molar refractivity (Wildman–Crippen MR) is 143 cm³/mol. The summed E-state index contributed by atoms with van der Waals surface area (Å²) in [7, 11) is 0. The Hall–Kier alpha value is -2.90. The van der Waals surface area contributed by atoms with Crippen molar-refractivity contribution >= 4 is 23.6 Å². The van der Waals surface area contributed by atoms with Gasteiger partial charge in [-0.1, -0.05) is 102 Å². The van der Waals surface area contributed by atoms with E-state index in [0.717, 1.165) is 49.7 Å². The highest BCUT2D eigenvalue weighted by molar-refractivity contribution is 6.35. The Labute approximate surface area is 216 Å². The number of nitrogens with one attached hydrogen (secondary N) is 4. The summed E-state index contributed by atoms with van der Waals surface area (Å²) in [6.45, 7) is 5.74. The van der Waals surface area contributed by atoms with Crippen molar-refractivity contribution in [2.45, 2.75) is 104 Å². The lowest BCUT2D eigenvalue weighted by atomic mass is 10.1. The summed E-state index contributed by atoms with van der Waals surface area (Å²) in [5.74, 6) is -2.58. The standard InChI is InChI=1S/C28H46N4O4/c1-3-5-7-9-11-13-18-29-25(33)27(35)31-21-23-16-15-17-24(20-23)22-32-28(36)26(34)30-19-14-12-10-8-6-4-2/h15-17,20H,3-14,18-19,21-22H2,1-2H3,(H,29,33)(H,30,34)(H,31,35)(H,32,36). The minimum Gasteiger partial charge on any atom is -0.348 e. The topological polar surface area (TPSA) is 116 Å². The molecule has 0 unspecified atom stereocenters. The van der Waals surface area contributed by atoms with Gasteiger partial charge in [0, 0.05) is 26.2 Å². The van der Waals surface area contributed by atoms with Crippen LogP contribution in [0.15, 0.2) is 24.3 Å². The van der Waals surface area contributed by atoms with E-state index in [-0.39, 0.29) is 13.1 Å². The van der Waals surface area contributed by atoms with Gasteiger partial charge in [-0.15, -0.1) is 0 Å². The summed E-state index contributed by atoms with van der Waals surface area (Å²) in [6, 6.07) is 7.28. The molecule has 0 heterocycles. The van der Waals surface area contributed by atoms with Gasteiger partial charge in [-0.25, -0.2) is 0 Å². The molecule has 0 aliphatic carbocycles. The molecule has 8 nitrogen and oxygen atoms in total. The Morgan fingerprint density at radius 1 is 0.528 bits per heavy atom. The van der Waals surface area contributed by atoms with Crippen molar-refractivity contribution in [3.8, 4) is 0 Å². The molecular formula is C28H46N4O4. The maximum absolute atomic E-state index is 12.0. The Morgan fingerprint density at radius 2 is 0.889 bits per heavy atom. The zero-order valence-electron chi connectivity index (χ0n) is 22.3. The molecule has 0 atom stereocenters. The van der Waals surface area contributed by atoms with Gasteiger partial charge in [0.2, 0.25) is 0 Å². The van der Waals surface area contributed by atoms with Crippen LogP contribution in [0.5, 0.6) is 0 Å². The maximum atomic E-state index is 12.0. The SMILES string of the molecule is CCCCCCCCNC(=O)C(=O)NCc1cccc(CNC(=O)C(=O)NCCCCCCCC)c1. The van der Waals surface area contributed by atoms with Crippen molar-refractivity contribution in [3.63, 3.8) is 0 Å². The third-order valence-electron chi connectivity index (χ3n) is 5.94. The van der Waals surface area contributed by atoms with Crippen LogP contribution in [0, 0.1) is 0 Å². The number of hydrogen-bond donors (Lipinski definition) is 4. The molecule has 0 aliphatic heterocycles. The Bertz CT molecular complexity index is 736. The van der Waals surface area contributed by atoms with Gasteiger partial charge in [0.05, 0.1) is 0 Å². The highest BCUT2D eigenvalue weighted by atomic mass is 16.2. The number of carbonyl (C=O) groups is 4. The predicted octanol–water partition coefficient (Wildman–Crippen LogP) is 3.87. The fourth-order valence-corrected chi connectivity index (χ4v) is 3.75. The molecule has 4 N–H and O–H groups in total. The first-order chi connectivity index (χ1) is 17.5. The molecule has 202 valence electrons. The fourth-order valence-electron chi connectivity index (χ4n) is 3.75. The molecule has 0 saturated carbocycles. The van der Waals surface area contributed by atoms with Gasteiger partial charge < -0.3 is 21.3 Å². The average Bonchev–Trinajstić information content (AvgIpc) is 2.89. The Balaban J connectivity index is 2.25. The van der Waals surface area contributed by atoms with Crippen LogP contribution >= 0.6 is 0 Å². The zero-order valence-corrected chi connectivity index (χ0v) is 22.3. The summed E-state index contributed by atoms with van der Waals surface area (Å²) < 4.78 is 0. The molecule has 0 aromatic heterocycles. The zero-order chi connectivity index (χ0) is 26.4. The molecule has 1 aromatic rings. The molecule has 1 aromatic carbocycles. The third kappa shape index (κ3) is 15.2. The first-order valence-electron chi connectivity index (χ1n) is 13.7. The largest absolute Gasteiger partial charge is 0.348 e. The lowest BCUT2D eigenvalue weighted by molar-refractivity contribution is -0.139. The summed E-state index contributed by atoms with van der Waals surface area (Å²) in [5, 5.41) is 10.6. The van der Waals surface area contributed by atoms with Crippen molar-refractivity contribution < 1.29 is 19.2 Å². The van der Waals surface area contributed by atoms with Crippen molar-refractivity contribution in [3.05, 3.63) is 35.4 Å². The average molecular weight is 503 g/mol. The summed E-state index contributed by atoms with van der Waals surface area (Å²) in [4.78, 5) is 48.0. The van der Waals surface area contributed by atoms with Gasteiger partial charge in [0.25, 0.3) is 0 Å².